The molecule has 0 aliphatic rings. The van der Waals surface area contributed by atoms with E-state index in [0.717, 1.165) is 0 Å². The zero-order valence-corrected chi connectivity index (χ0v) is 15.0. The predicted molar refractivity (Wildman–Crippen MR) is 96.7 cm³/mol. The molecule has 1 heterocycles. The molecule has 0 spiro atoms. The molecule has 1 aromatic heterocycles. The first-order valence-corrected chi connectivity index (χ1v) is 9.56. The summed E-state index contributed by atoms with van der Waals surface area (Å²) in [5, 5.41) is 2.69. The lowest BCUT2D eigenvalue weighted by molar-refractivity contribution is 0.0950. The Kier molecular flexibility index (Phi) is 5.68. The van der Waals surface area contributed by atoms with Crippen LogP contribution in [0.15, 0.2) is 76.4 Å². The second-order valence-corrected chi connectivity index (χ2v) is 7.56. The van der Waals surface area contributed by atoms with Gasteiger partial charge in [0.2, 0.25) is 10.0 Å². The summed E-state index contributed by atoms with van der Waals surface area (Å²) in [6, 6.07) is 13.5. The van der Waals surface area contributed by atoms with Gasteiger partial charge in [-0.15, -0.1) is 0 Å². The van der Waals surface area contributed by atoms with Crippen molar-refractivity contribution in [3.8, 4) is 0 Å². The van der Waals surface area contributed by atoms with Gasteiger partial charge in [-0.3, -0.25) is 4.79 Å². The maximum atomic E-state index is 13.2. The highest BCUT2D eigenvalue weighted by molar-refractivity contribution is 7.89. The molecule has 8 heteroatoms. The van der Waals surface area contributed by atoms with Crippen molar-refractivity contribution in [2.75, 3.05) is 0 Å². The SMILES string of the molecule is O=C(NCc1cccc(S(=O)(=O)NCc2cccc(F)c2)c1)c1ccoc1. The third-order valence-corrected chi connectivity index (χ3v) is 5.20. The van der Waals surface area contributed by atoms with Crippen LogP contribution in [0, 0.1) is 5.82 Å². The average molecular weight is 388 g/mol. The number of nitrogens with one attached hydrogen (secondary N) is 2. The monoisotopic (exact) mass is 388 g/mol. The second kappa shape index (κ2) is 8.15. The van der Waals surface area contributed by atoms with E-state index in [0.29, 0.717) is 16.7 Å². The molecule has 0 saturated carbocycles. The minimum Gasteiger partial charge on any atom is -0.472 e. The number of hydrogen-bond acceptors (Lipinski definition) is 4. The van der Waals surface area contributed by atoms with E-state index >= 15 is 0 Å². The van der Waals surface area contributed by atoms with Crippen molar-refractivity contribution < 1.29 is 22.0 Å². The summed E-state index contributed by atoms with van der Waals surface area (Å²) in [7, 11) is -3.78. The molecule has 0 bridgehead atoms. The first-order valence-electron chi connectivity index (χ1n) is 8.07. The molecule has 0 radical (unpaired) electrons. The molecule has 0 fully saturated rings. The van der Waals surface area contributed by atoms with Gasteiger partial charge in [0.05, 0.1) is 16.7 Å². The van der Waals surface area contributed by atoms with Crippen LogP contribution in [0.3, 0.4) is 0 Å². The summed E-state index contributed by atoms with van der Waals surface area (Å²) in [4.78, 5) is 12.0. The Bertz CT molecular complexity index is 1030. The van der Waals surface area contributed by atoms with Crippen LogP contribution in [0.25, 0.3) is 0 Å². The molecule has 3 rings (SSSR count). The van der Waals surface area contributed by atoms with E-state index in [1.807, 2.05) is 0 Å². The Morgan fingerprint density at radius 2 is 1.74 bits per heavy atom. The Labute approximate surface area is 156 Å². The van der Waals surface area contributed by atoms with Crippen molar-refractivity contribution in [1.29, 1.82) is 0 Å². The van der Waals surface area contributed by atoms with Gasteiger partial charge in [0, 0.05) is 13.1 Å². The minimum atomic E-state index is -3.78. The Morgan fingerprint density at radius 3 is 2.44 bits per heavy atom. The van der Waals surface area contributed by atoms with Gasteiger partial charge in [-0.05, 0) is 41.5 Å². The van der Waals surface area contributed by atoms with Crippen LogP contribution in [0.5, 0.6) is 0 Å². The first-order chi connectivity index (χ1) is 12.9. The number of carbonyl (C=O) groups is 1. The summed E-state index contributed by atoms with van der Waals surface area (Å²) >= 11 is 0. The number of hydrogen-bond donors (Lipinski definition) is 2. The van der Waals surface area contributed by atoms with Gasteiger partial charge in [0.15, 0.2) is 0 Å². The fraction of sp³-hybridized carbons (Fsp3) is 0.105. The lowest BCUT2D eigenvalue weighted by atomic mass is 10.2. The molecule has 27 heavy (non-hydrogen) atoms. The predicted octanol–water partition coefficient (Wildman–Crippen LogP) is 2.83. The highest BCUT2D eigenvalue weighted by Gasteiger charge is 2.15. The molecule has 6 nitrogen and oxygen atoms in total. The van der Waals surface area contributed by atoms with Gasteiger partial charge in [-0.2, -0.15) is 0 Å². The van der Waals surface area contributed by atoms with Gasteiger partial charge in [0.1, 0.15) is 12.1 Å². The van der Waals surface area contributed by atoms with Gasteiger partial charge >= 0.3 is 0 Å². The highest BCUT2D eigenvalue weighted by atomic mass is 32.2. The van der Waals surface area contributed by atoms with E-state index in [1.165, 1.54) is 48.9 Å². The normalized spacial score (nSPS) is 11.3. The van der Waals surface area contributed by atoms with Gasteiger partial charge in [-0.25, -0.2) is 17.5 Å². The van der Waals surface area contributed by atoms with Gasteiger partial charge in [-0.1, -0.05) is 24.3 Å². The van der Waals surface area contributed by atoms with Gasteiger partial charge in [0.25, 0.3) is 5.91 Å². The van der Waals surface area contributed by atoms with Crippen LogP contribution in [0.2, 0.25) is 0 Å². The number of carbonyl (C=O) groups excluding carboxylic acids is 1. The van der Waals surface area contributed by atoms with Gasteiger partial charge < -0.3 is 9.73 Å². The van der Waals surface area contributed by atoms with E-state index in [1.54, 1.807) is 18.2 Å². The Hall–Kier alpha value is -2.97. The molecular weight excluding hydrogens is 371 g/mol. The summed E-state index contributed by atoms with van der Waals surface area (Å²) in [5.74, 6) is -0.747. The highest BCUT2D eigenvalue weighted by Crippen LogP contribution is 2.13. The quantitative estimate of drug-likeness (QED) is 0.651. The van der Waals surface area contributed by atoms with Crippen LogP contribution < -0.4 is 10.0 Å². The second-order valence-electron chi connectivity index (χ2n) is 5.80. The van der Waals surface area contributed by atoms with Crippen LogP contribution in [-0.2, 0) is 23.1 Å². The molecule has 3 aromatic rings. The van der Waals surface area contributed by atoms with E-state index < -0.39 is 15.8 Å². The zero-order valence-electron chi connectivity index (χ0n) is 14.2. The number of halogens is 1. The summed E-state index contributed by atoms with van der Waals surface area (Å²) in [5.41, 5.74) is 1.53. The third-order valence-electron chi connectivity index (χ3n) is 3.80. The lowest BCUT2D eigenvalue weighted by Gasteiger charge is -2.09. The van der Waals surface area contributed by atoms with E-state index in [-0.39, 0.29) is 23.9 Å². The van der Waals surface area contributed by atoms with Crippen molar-refractivity contribution >= 4 is 15.9 Å². The lowest BCUT2D eigenvalue weighted by Crippen LogP contribution is -2.24. The molecule has 0 aliphatic heterocycles. The fourth-order valence-corrected chi connectivity index (χ4v) is 3.50. The van der Waals surface area contributed by atoms with Crippen molar-refractivity contribution in [2.45, 2.75) is 18.0 Å². The maximum Gasteiger partial charge on any atom is 0.254 e. The number of furan rings is 1. The molecule has 2 N–H and O–H groups in total. The summed E-state index contributed by atoms with van der Waals surface area (Å²) < 4.78 is 45.4. The van der Waals surface area contributed by atoms with Crippen LogP contribution >= 0.6 is 0 Å². The summed E-state index contributed by atoms with van der Waals surface area (Å²) in [6.07, 6.45) is 2.72. The minimum absolute atomic E-state index is 0.0262. The first kappa shape index (κ1) is 18.8. The number of amides is 1. The van der Waals surface area contributed by atoms with E-state index in [4.69, 9.17) is 4.42 Å². The topological polar surface area (TPSA) is 88.4 Å². The maximum absolute atomic E-state index is 13.2. The number of sulfonamides is 1. The van der Waals surface area contributed by atoms with Crippen molar-refractivity contribution in [2.24, 2.45) is 0 Å². The third kappa shape index (κ3) is 5.02. The number of benzene rings is 2. The zero-order chi connectivity index (χ0) is 19.3. The summed E-state index contributed by atoms with van der Waals surface area (Å²) in [6.45, 7) is 0.138. The van der Waals surface area contributed by atoms with Crippen molar-refractivity contribution in [3.05, 3.63) is 89.6 Å². The standard InChI is InChI=1S/C19H17FN2O4S/c20-17-5-1-3-14(9-17)12-22-27(24,25)18-6-2-4-15(10-18)11-21-19(23)16-7-8-26-13-16/h1-10,13,22H,11-12H2,(H,21,23). The van der Waals surface area contributed by atoms with Crippen LogP contribution in [0.1, 0.15) is 21.5 Å². The molecule has 0 aliphatic carbocycles. The molecular formula is C19H17FN2O4S. The van der Waals surface area contributed by atoms with E-state index in [9.17, 15) is 17.6 Å². The van der Waals surface area contributed by atoms with Crippen molar-refractivity contribution in [3.63, 3.8) is 0 Å². The molecule has 2 aromatic carbocycles. The number of rotatable bonds is 7. The smallest absolute Gasteiger partial charge is 0.254 e. The molecule has 140 valence electrons. The van der Waals surface area contributed by atoms with E-state index in [2.05, 4.69) is 10.0 Å². The Morgan fingerprint density at radius 1 is 1.00 bits per heavy atom. The largest absolute Gasteiger partial charge is 0.472 e. The molecule has 0 unspecified atom stereocenters. The molecule has 1 amide bonds. The molecule has 0 atom stereocenters. The average Bonchev–Trinajstić information content (AvgIpc) is 3.20. The van der Waals surface area contributed by atoms with Crippen LogP contribution in [-0.4, -0.2) is 14.3 Å². The molecule has 0 saturated heterocycles. The fourth-order valence-electron chi connectivity index (χ4n) is 2.41. The van der Waals surface area contributed by atoms with Crippen LogP contribution in [0.4, 0.5) is 4.39 Å². The van der Waals surface area contributed by atoms with Crippen molar-refractivity contribution in [1.82, 2.24) is 10.0 Å². The Balaban J connectivity index is 1.65.